The molecule has 1 N–H and O–H groups in total. The van der Waals surface area contributed by atoms with Crippen LogP contribution in [0.3, 0.4) is 0 Å². The first-order chi connectivity index (χ1) is 14.3. The Labute approximate surface area is 179 Å². The van der Waals surface area contributed by atoms with Gasteiger partial charge in [-0.05, 0) is 24.3 Å². The fraction of sp³-hybridized carbons (Fsp3) is 0.421. The molecule has 0 radical (unpaired) electrons. The van der Waals surface area contributed by atoms with Crippen molar-refractivity contribution in [2.45, 2.75) is 31.7 Å². The summed E-state index contributed by atoms with van der Waals surface area (Å²) in [5.74, 6) is -0.177. The lowest BCUT2D eigenvalue weighted by molar-refractivity contribution is 0.0736. The van der Waals surface area contributed by atoms with Gasteiger partial charge >= 0.3 is 6.09 Å². The van der Waals surface area contributed by atoms with Gasteiger partial charge in [-0.15, -0.1) is 0 Å². The summed E-state index contributed by atoms with van der Waals surface area (Å²) in [6.45, 7) is 5.22. The number of methoxy groups -OCH3 is 1. The summed E-state index contributed by atoms with van der Waals surface area (Å²) in [5.41, 5.74) is 1.28. The molecule has 9 nitrogen and oxygen atoms in total. The summed E-state index contributed by atoms with van der Waals surface area (Å²) >= 11 is 1.31. The number of nitrogens with zero attached hydrogens (tertiary/aromatic N) is 3. The highest BCUT2D eigenvalue weighted by Crippen LogP contribution is 2.29. The third kappa shape index (κ3) is 4.47. The van der Waals surface area contributed by atoms with Crippen LogP contribution in [-0.2, 0) is 27.7 Å². The molecule has 0 bridgehead atoms. The van der Waals surface area contributed by atoms with Gasteiger partial charge in [0, 0.05) is 36.5 Å². The summed E-state index contributed by atoms with van der Waals surface area (Å²) < 4.78 is 31.1. The highest BCUT2D eigenvalue weighted by atomic mass is 32.2. The van der Waals surface area contributed by atoms with Crippen molar-refractivity contribution in [2.75, 3.05) is 32.1 Å². The number of hydrogen-bond donors (Lipinski definition) is 1. The smallest absolute Gasteiger partial charge is 0.413 e. The lowest BCUT2D eigenvalue weighted by atomic mass is 10.1. The molecule has 162 valence electrons. The molecule has 0 unspecified atom stereocenters. The number of nitrogens with one attached hydrogen (secondary N) is 1. The summed E-state index contributed by atoms with van der Waals surface area (Å²) in [6, 6.07) is 6.04. The van der Waals surface area contributed by atoms with E-state index < -0.39 is 16.1 Å². The van der Waals surface area contributed by atoms with E-state index in [1.807, 2.05) is 0 Å². The van der Waals surface area contributed by atoms with Crippen molar-refractivity contribution in [1.82, 2.24) is 14.2 Å². The van der Waals surface area contributed by atoms with Gasteiger partial charge in [0.1, 0.15) is 0 Å². The highest BCUT2D eigenvalue weighted by Gasteiger charge is 2.26. The Morgan fingerprint density at radius 2 is 1.90 bits per heavy atom. The number of carbonyl (C=O) groups is 2. The van der Waals surface area contributed by atoms with Gasteiger partial charge in [0.2, 0.25) is 10.0 Å². The molecule has 3 rings (SSSR count). The number of hydrogen-bond acceptors (Lipinski definition) is 7. The van der Waals surface area contributed by atoms with Gasteiger partial charge in [0.05, 0.1) is 24.2 Å². The molecule has 1 aliphatic rings. The third-order valence-corrected chi connectivity index (χ3v) is 7.92. The minimum absolute atomic E-state index is 0.171. The third-order valence-electron chi connectivity index (χ3n) is 4.86. The highest BCUT2D eigenvalue weighted by molar-refractivity contribution is 7.89. The van der Waals surface area contributed by atoms with Crippen LogP contribution in [0.25, 0.3) is 0 Å². The molecule has 1 aromatic carbocycles. The predicted octanol–water partition coefficient (Wildman–Crippen LogP) is 2.55. The van der Waals surface area contributed by atoms with Gasteiger partial charge in [0.25, 0.3) is 5.91 Å². The first-order valence-corrected chi connectivity index (χ1v) is 11.8. The molecule has 2 heterocycles. The minimum Gasteiger partial charge on any atom is -0.453 e. The largest absolute Gasteiger partial charge is 0.453 e. The topological polar surface area (TPSA) is 109 Å². The quantitative estimate of drug-likeness (QED) is 0.721. The Kier molecular flexibility index (Phi) is 6.74. The molecule has 11 heteroatoms. The Bertz CT molecular complexity index is 1030. The van der Waals surface area contributed by atoms with Crippen LogP contribution in [0.15, 0.2) is 29.2 Å². The first-order valence-electron chi connectivity index (χ1n) is 9.53. The Morgan fingerprint density at radius 1 is 1.23 bits per heavy atom. The van der Waals surface area contributed by atoms with Crippen LogP contribution in [0, 0.1) is 0 Å². The molecule has 2 amide bonds. The lowest BCUT2D eigenvalue weighted by Crippen LogP contribution is -2.35. The number of fused-ring (bicyclic) bond motifs is 1. The van der Waals surface area contributed by atoms with E-state index in [2.05, 4.69) is 15.0 Å². The average Bonchev–Trinajstić information content (AvgIpc) is 3.15. The van der Waals surface area contributed by atoms with Crippen molar-refractivity contribution >= 4 is 38.5 Å². The monoisotopic (exact) mass is 452 g/mol. The van der Waals surface area contributed by atoms with Crippen molar-refractivity contribution in [3.05, 3.63) is 40.4 Å². The van der Waals surface area contributed by atoms with Gasteiger partial charge in [-0.25, -0.2) is 18.2 Å². The van der Waals surface area contributed by atoms with E-state index >= 15 is 0 Å². The van der Waals surface area contributed by atoms with E-state index in [1.54, 1.807) is 30.9 Å². The van der Waals surface area contributed by atoms with Crippen LogP contribution in [-0.4, -0.2) is 61.4 Å². The first kappa shape index (κ1) is 22.2. The maximum Gasteiger partial charge on any atom is 0.413 e. The zero-order chi connectivity index (χ0) is 21.9. The Balaban J connectivity index is 1.73. The normalized spacial score (nSPS) is 13.8. The number of aromatic nitrogens is 1. The van der Waals surface area contributed by atoms with Gasteiger partial charge in [-0.1, -0.05) is 25.2 Å². The molecule has 30 heavy (non-hydrogen) atoms. The molecule has 0 atom stereocenters. The SMILES string of the molecule is CCN(CC)S(=O)(=O)c1ccc(C(=O)N2CCc3nc(NC(=O)OC)sc3C2)cc1. The van der Waals surface area contributed by atoms with Crippen LogP contribution < -0.4 is 5.32 Å². The van der Waals surface area contributed by atoms with Crippen LogP contribution in [0.1, 0.15) is 34.8 Å². The van der Waals surface area contributed by atoms with E-state index in [-0.39, 0.29) is 10.8 Å². The van der Waals surface area contributed by atoms with Crippen LogP contribution >= 0.6 is 11.3 Å². The zero-order valence-corrected chi connectivity index (χ0v) is 18.7. The summed E-state index contributed by atoms with van der Waals surface area (Å²) in [4.78, 5) is 31.4. The van der Waals surface area contributed by atoms with Gasteiger partial charge < -0.3 is 9.64 Å². The van der Waals surface area contributed by atoms with Crippen LogP contribution in [0.5, 0.6) is 0 Å². The predicted molar refractivity (Wildman–Crippen MR) is 113 cm³/mol. The summed E-state index contributed by atoms with van der Waals surface area (Å²) in [5, 5.41) is 2.98. The van der Waals surface area contributed by atoms with E-state index in [4.69, 9.17) is 0 Å². The maximum absolute atomic E-state index is 12.9. The number of rotatable bonds is 6. The number of carbonyl (C=O) groups excluding carboxylic acids is 2. The van der Waals surface area contributed by atoms with Crippen molar-refractivity contribution in [3.63, 3.8) is 0 Å². The second-order valence-corrected chi connectivity index (χ2v) is 9.62. The lowest BCUT2D eigenvalue weighted by Gasteiger charge is -2.26. The maximum atomic E-state index is 12.9. The minimum atomic E-state index is -3.56. The molecule has 1 aliphatic heterocycles. The average molecular weight is 453 g/mol. The number of sulfonamides is 1. The number of benzene rings is 1. The van der Waals surface area contributed by atoms with Gasteiger partial charge in [-0.2, -0.15) is 4.31 Å². The zero-order valence-electron chi connectivity index (χ0n) is 17.0. The molecule has 0 spiro atoms. The number of anilines is 1. The Morgan fingerprint density at radius 3 is 2.50 bits per heavy atom. The van der Waals surface area contributed by atoms with E-state index in [1.165, 1.54) is 34.9 Å². The second-order valence-electron chi connectivity index (χ2n) is 6.60. The number of amides is 2. The second kappa shape index (κ2) is 9.11. The van der Waals surface area contributed by atoms with Crippen molar-refractivity contribution in [1.29, 1.82) is 0 Å². The fourth-order valence-corrected chi connectivity index (χ4v) is 5.69. The molecule has 0 fully saturated rings. The molecular weight excluding hydrogens is 428 g/mol. The van der Waals surface area contributed by atoms with E-state index in [0.29, 0.717) is 43.3 Å². The van der Waals surface area contributed by atoms with Gasteiger partial charge in [-0.3, -0.25) is 10.1 Å². The molecular formula is C19H24N4O5S2. The molecule has 0 saturated heterocycles. The van der Waals surface area contributed by atoms with Crippen LogP contribution in [0.4, 0.5) is 9.93 Å². The molecule has 1 aromatic heterocycles. The molecule has 2 aromatic rings. The number of ether oxygens (including phenoxy) is 1. The van der Waals surface area contributed by atoms with E-state index in [0.717, 1.165) is 10.6 Å². The standard InChI is InChI=1S/C19H24N4O5S2/c1-4-23(5-2)30(26,27)14-8-6-13(7-9-14)17(24)22-11-10-15-16(12-22)29-18(20-15)21-19(25)28-3/h6-9H,4-5,10-12H2,1-3H3,(H,20,21,25). The van der Waals surface area contributed by atoms with Crippen molar-refractivity contribution in [2.24, 2.45) is 0 Å². The van der Waals surface area contributed by atoms with Crippen molar-refractivity contribution in [3.8, 4) is 0 Å². The van der Waals surface area contributed by atoms with Crippen molar-refractivity contribution < 1.29 is 22.7 Å². The van der Waals surface area contributed by atoms with E-state index in [9.17, 15) is 18.0 Å². The van der Waals surface area contributed by atoms with Crippen LogP contribution in [0.2, 0.25) is 0 Å². The summed E-state index contributed by atoms with van der Waals surface area (Å²) in [7, 11) is -2.28. The fourth-order valence-electron chi connectivity index (χ4n) is 3.23. The molecule has 0 aliphatic carbocycles. The Hall–Kier alpha value is -2.50. The molecule has 0 saturated carbocycles. The van der Waals surface area contributed by atoms with Gasteiger partial charge in [0.15, 0.2) is 5.13 Å². The number of thiazole rings is 1. The summed E-state index contributed by atoms with van der Waals surface area (Å²) in [6.07, 6.45) is -0.0109.